The van der Waals surface area contributed by atoms with Gasteiger partial charge in [0, 0.05) is 4.47 Å². The van der Waals surface area contributed by atoms with Gasteiger partial charge in [0.1, 0.15) is 6.29 Å². The van der Waals surface area contributed by atoms with Crippen molar-refractivity contribution in [2.75, 3.05) is 7.11 Å². The zero-order valence-corrected chi connectivity index (χ0v) is 14.1. The highest BCUT2D eigenvalue weighted by Gasteiger charge is 2.28. The lowest BCUT2D eigenvalue weighted by atomic mass is 9.78. The van der Waals surface area contributed by atoms with Crippen molar-refractivity contribution in [3.05, 3.63) is 69.7 Å². The van der Waals surface area contributed by atoms with E-state index in [0.29, 0.717) is 12.0 Å². The van der Waals surface area contributed by atoms with Gasteiger partial charge in [0.25, 0.3) is 0 Å². The maximum atomic E-state index is 11.7. The van der Waals surface area contributed by atoms with Crippen LogP contribution in [0.4, 0.5) is 0 Å². The minimum atomic E-state index is -0.632. The summed E-state index contributed by atoms with van der Waals surface area (Å²) in [6.07, 6.45) is 1.53. The molecule has 0 bridgehead atoms. The van der Waals surface area contributed by atoms with Crippen LogP contribution in [0.15, 0.2) is 53.0 Å². The van der Waals surface area contributed by atoms with Gasteiger partial charge in [0.2, 0.25) is 0 Å². The van der Waals surface area contributed by atoms with E-state index in [0.717, 1.165) is 21.9 Å². The molecule has 0 fully saturated rings. The lowest BCUT2D eigenvalue weighted by molar-refractivity contribution is -0.112. The van der Waals surface area contributed by atoms with Gasteiger partial charge >= 0.3 is 5.97 Å². The Balaban J connectivity index is 2.29. The standard InChI is InChI=1S/C18H17BrO3/c1-18(12-20,15-5-3-4-6-16(15)19)11-13-7-9-14(10-8-13)17(21)22-2/h3-10,12H,11H2,1-2H3. The molecule has 0 heterocycles. The summed E-state index contributed by atoms with van der Waals surface area (Å²) < 4.78 is 5.59. The Morgan fingerprint density at radius 3 is 2.36 bits per heavy atom. The average Bonchev–Trinajstić information content (AvgIpc) is 2.55. The Hall–Kier alpha value is -1.94. The Kier molecular flexibility index (Phi) is 5.14. The summed E-state index contributed by atoms with van der Waals surface area (Å²) in [5, 5.41) is 0. The third-order valence-corrected chi connectivity index (χ3v) is 4.39. The summed E-state index contributed by atoms with van der Waals surface area (Å²) in [5.41, 5.74) is 1.80. The number of hydrogen-bond donors (Lipinski definition) is 0. The fourth-order valence-corrected chi connectivity index (χ4v) is 3.16. The predicted octanol–water partition coefficient (Wildman–Crippen LogP) is 3.94. The van der Waals surface area contributed by atoms with Crippen molar-refractivity contribution in [2.24, 2.45) is 0 Å². The first-order chi connectivity index (χ1) is 10.5. The monoisotopic (exact) mass is 360 g/mol. The lowest BCUT2D eigenvalue weighted by Gasteiger charge is -2.25. The number of benzene rings is 2. The fraction of sp³-hybridized carbons (Fsp3) is 0.222. The molecule has 0 amide bonds. The molecule has 4 heteroatoms. The lowest BCUT2D eigenvalue weighted by Crippen LogP contribution is -2.27. The largest absolute Gasteiger partial charge is 0.465 e. The molecule has 0 aromatic heterocycles. The van der Waals surface area contributed by atoms with Crippen molar-refractivity contribution in [3.8, 4) is 0 Å². The summed E-state index contributed by atoms with van der Waals surface area (Å²) in [6.45, 7) is 1.91. The molecule has 2 rings (SSSR count). The van der Waals surface area contributed by atoms with E-state index in [1.54, 1.807) is 12.1 Å². The van der Waals surface area contributed by atoms with E-state index in [-0.39, 0.29) is 5.97 Å². The van der Waals surface area contributed by atoms with Crippen molar-refractivity contribution in [3.63, 3.8) is 0 Å². The smallest absolute Gasteiger partial charge is 0.337 e. The molecular formula is C18H17BrO3. The molecule has 0 saturated carbocycles. The van der Waals surface area contributed by atoms with Gasteiger partial charge in [-0.3, -0.25) is 0 Å². The van der Waals surface area contributed by atoms with Crippen LogP contribution in [-0.2, 0) is 21.4 Å². The molecule has 1 unspecified atom stereocenters. The molecule has 2 aromatic rings. The minimum absolute atomic E-state index is 0.365. The summed E-state index contributed by atoms with van der Waals surface area (Å²) in [5.74, 6) is -0.365. The number of ether oxygens (including phenoxy) is 1. The van der Waals surface area contributed by atoms with Crippen LogP contribution in [0.2, 0.25) is 0 Å². The van der Waals surface area contributed by atoms with Crippen LogP contribution < -0.4 is 0 Å². The number of rotatable bonds is 5. The van der Waals surface area contributed by atoms with Crippen molar-refractivity contribution in [1.82, 2.24) is 0 Å². The van der Waals surface area contributed by atoms with Crippen LogP contribution >= 0.6 is 15.9 Å². The number of hydrogen-bond acceptors (Lipinski definition) is 3. The van der Waals surface area contributed by atoms with Crippen LogP contribution in [0.1, 0.15) is 28.4 Å². The second-order valence-electron chi connectivity index (χ2n) is 5.38. The second-order valence-corrected chi connectivity index (χ2v) is 6.23. The maximum absolute atomic E-state index is 11.7. The molecular weight excluding hydrogens is 344 g/mol. The molecule has 0 N–H and O–H groups in total. The molecule has 0 aliphatic rings. The summed E-state index contributed by atoms with van der Waals surface area (Å²) >= 11 is 3.51. The third-order valence-electron chi connectivity index (χ3n) is 3.70. The summed E-state index contributed by atoms with van der Waals surface area (Å²) in [4.78, 5) is 23.2. The highest BCUT2D eigenvalue weighted by atomic mass is 79.9. The number of carbonyl (C=O) groups excluding carboxylic acids is 2. The fourth-order valence-electron chi connectivity index (χ4n) is 2.43. The van der Waals surface area contributed by atoms with Crippen molar-refractivity contribution < 1.29 is 14.3 Å². The van der Waals surface area contributed by atoms with E-state index in [1.807, 2.05) is 43.3 Å². The Bertz CT molecular complexity index is 679. The Labute approximate surface area is 138 Å². The van der Waals surface area contributed by atoms with Crippen LogP contribution in [-0.4, -0.2) is 19.4 Å². The molecule has 3 nitrogen and oxygen atoms in total. The summed E-state index contributed by atoms with van der Waals surface area (Å²) in [7, 11) is 1.35. The van der Waals surface area contributed by atoms with Gasteiger partial charge in [-0.1, -0.05) is 46.3 Å². The number of halogens is 1. The van der Waals surface area contributed by atoms with Crippen LogP contribution in [0.25, 0.3) is 0 Å². The molecule has 2 aromatic carbocycles. The van der Waals surface area contributed by atoms with Crippen molar-refractivity contribution in [2.45, 2.75) is 18.8 Å². The van der Waals surface area contributed by atoms with Gasteiger partial charge in [0.05, 0.1) is 18.1 Å². The second kappa shape index (κ2) is 6.88. The number of carbonyl (C=O) groups is 2. The van der Waals surface area contributed by atoms with E-state index in [4.69, 9.17) is 0 Å². The first kappa shape index (κ1) is 16.4. The molecule has 0 aliphatic carbocycles. The summed E-state index contributed by atoms with van der Waals surface area (Å²) in [6, 6.07) is 14.8. The van der Waals surface area contributed by atoms with E-state index in [2.05, 4.69) is 20.7 Å². The van der Waals surface area contributed by atoms with Gasteiger partial charge in [-0.25, -0.2) is 4.79 Å². The van der Waals surface area contributed by atoms with Gasteiger partial charge in [-0.2, -0.15) is 0 Å². The number of methoxy groups -OCH3 is 1. The number of aldehydes is 1. The number of esters is 1. The molecule has 0 aliphatic heterocycles. The van der Waals surface area contributed by atoms with Crippen LogP contribution in [0.5, 0.6) is 0 Å². The Morgan fingerprint density at radius 2 is 1.82 bits per heavy atom. The highest BCUT2D eigenvalue weighted by molar-refractivity contribution is 9.10. The molecule has 0 saturated heterocycles. The van der Waals surface area contributed by atoms with E-state index in [9.17, 15) is 9.59 Å². The molecule has 0 spiro atoms. The van der Waals surface area contributed by atoms with Crippen LogP contribution in [0, 0.1) is 0 Å². The van der Waals surface area contributed by atoms with E-state index in [1.165, 1.54) is 7.11 Å². The van der Waals surface area contributed by atoms with Gasteiger partial charge in [-0.15, -0.1) is 0 Å². The van der Waals surface area contributed by atoms with Gasteiger partial charge < -0.3 is 9.53 Å². The first-order valence-electron chi connectivity index (χ1n) is 6.89. The predicted molar refractivity (Wildman–Crippen MR) is 89.0 cm³/mol. The molecule has 0 radical (unpaired) electrons. The first-order valence-corrected chi connectivity index (χ1v) is 7.68. The topological polar surface area (TPSA) is 43.4 Å². The zero-order valence-electron chi connectivity index (χ0n) is 12.5. The minimum Gasteiger partial charge on any atom is -0.465 e. The highest BCUT2D eigenvalue weighted by Crippen LogP contribution is 2.32. The third kappa shape index (κ3) is 3.45. The quantitative estimate of drug-likeness (QED) is 0.599. The molecule has 114 valence electrons. The average molecular weight is 361 g/mol. The maximum Gasteiger partial charge on any atom is 0.337 e. The zero-order chi connectivity index (χ0) is 16.2. The van der Waals surface area contributed by atoms with Crippen molar-refractivity contribution in [1.29, 1.82) is 0 Å². The van der Waals surface area contributed by atoms with E-state index >= 15 is 0 Å². The van der Waals surface area contributed by atoms with Crippen molar-refractivity contribution >= 4 is 28.2 Å². The molecule has 22 heavy (non-hydrogen) atoms. The van der Waals surface area contributed by atoms with E-state index < -0.39 is 5.41 Å². The normalized spacial score (nSPS) is 13.2. The molecule has 1 atom stereocenters. The Morgan fingerprint density at radius 1 is 1.18 bits per heavy atom. The van der Waals surface area contributed by atoms with Gasteiger partial charge in [-0.05, 0) is 42.7 Å². The van der Waals surface area contributed by atoms with Gasteiger partial charge in [0.15, 0.2) is 0 Å². The SMILES string of the molecule is COC(=O)c1ccc(CC(C)(C=O)c2ccccc2Br)cc1. The van der Waals surface area contributed by atoms with Crippen LogP contribution in [0.3, 0.4) is 0 Å².